The molecular formula is C29H24F2N2O5S. The zero-order valence-electron chi connectivity index (χ0n) is 20.7. The molecule has 1 fully saturated rings. The molecule has 0 aliphatic carbocycles. The largest absolute Gasteiger partial charge is 0.481 e. The van der Waals surface area contributed by atoms with Crippen LogP contribution in [-0.4, -0.2) is 55.8 Å². The number of carboxylic acid groups (broad SMARTS) is 1. The highest BCUT2D eigenvalue weighted by atomic mass is 32.2. The Kier molecular flexibility index (Phi) is 7.16. The van der Waals surface area contributed by atoms with Crippen molar-refractivity contribution in [3.63, 3.8) is 0 Å². The van der Waals surface area contributed by atoms with Crippen LogP contribution in [0, 0.1) is 11.6 Å². The molecule has 200 valence electrons. The number of rotatable bonds is 7. The maximum atomic E-state index is 14.1. The van der Waals surface area contributed by atoms with Crippen LogP contribution in [-0.2, 0) is 21.2 Å². The minimum atomic E-state index is -3.86. The molecular weight excluding hydrogens is 526 g/mol. The summed E-state index contributed by atoms with van der Waals surface area (Å²) < 4.78 is 56.0. The van der Waals surface area contributed by atoms with Crippen LogP contribution in [0.2, 0.25) is 0 Å². The highest BCUT2D eigenvalue weighted by molar-refractivity contribution is 7.89. The van der Waals surface area contributed by atoms with Crippen molar-refractivity contribution in [2.75, 3.05) is 31.1 Å². The fourth-order valence-corrected chi connectivity index (χ4v) is 6.24. The highest BCUT2D eigenvalue weighted by Crippen LogP contribution is 2.27. The molecule has 10 heteroatoms. The van der Waals surface area contributed by atoms with Gasteiger partial charge in [-0.1, -0.05) is 24.3 Å². The van der Waals surface area contributed by atoms with E-state index in [1.807, 2.05) is 0 Å². The molecule has 0 unspecified atom stereocenters. The van der Waals surface area contributed by atoms with Crippen molar-refractivity contribution >= 4 is 38.2 Å². The average Bonchev–Trinajstić information content (AvgIpc) is 2.92. The van der Waals surface area contributed by atoms with Crippen molar-refractivity contribution in [1.82, 2.24) is 4.31 Å². The molecule has 4 aromatic rings. The molecule has 1 aliphatic rings. The van der Waals surface area contributed by atoms with Gasteiger partial charge in [-0.3, -0.25) is 9.59 Å². The molecule has 1 saturated heterocycles. The van der Waals surface area contributed by atoms with Crippen LogP contribution in [0.25, 0.3) is 10.8 Å². The maximum absolute atomic E-state index is 14.1. The van der Waals surface area contributed by atoms with Crippen LogP contribution in [0.5, 0.6) is 0 Å². The molecule has 39 heavy (non-hydrogen) atoms. The second kappa shape index (κ2) is 10.5. The quantitative estimate of drug-likeness (QED) is 0.341. The van der Waals surface area contributed by atoms with Crippen LogP contribution in [0.1, 0.15) is 21.5 Å². The summed E-state index contributed by atoms with van der Waals surface area (Å²) in [5.74, 6) is -2.46. The second-order valence-corrected chi connectivity index (χ2v) is 11.2. The Bertz CT molecular complexity index is 1680. The summed E-state index contributed by atoms with van der Waals surface area (Å²) in [4.78, 5) is 26.5. The number of hydrogen-bond donors (Lipinski definition) is 1. The van der Waals surface area contributed by atoms with Crippen molar-refractivity contribution < 1.29 is 31.9 Å². The number of para-hydroxylation sites is 1. The lowest BCUT2D eigenvalue weighted by Crippen LogP contribution is -2.48. The van der Waals surface area contributed by atoms with Gasteiger partial charge in [0, 0.05) is 37.3 Å². The highest BCUT2D eigenvalue weighted by Gasteiger charge is 2.29. The van der Waals surface area contributed by atoms with Gasteiger partial charge < -0.3 is 10.0 Å². The number of carbonyl (C=O) groups is 2. The van der Waals surface area contributed by atoms with Gasteiger partial charge in [-0.05, 0) is 70.9 Å². The Labute approximate surface area is 224 Å². The first-order chi connectivity index (χ1) is 18.6. The lowest BCUT2D eigenvalue weighted by atomic mass is 9.94. The number of sulfonamides is 1. The van der Waals surface area contributed by atoms with Crippen LogP contribution < -0.4 is 4.90 Å². The maximum Gasteiger partial charge on any atom is 0.307 e. The normalized spacial score (nSPS) is 14.5. The molecule has 1 heterocycles. The third-order valence-corrected chi connectivity index (χ3v) is 8.68. The summed E-state index contributed by atoms with van der Waals surface area (Å²) in [6, 6.07) is 18.8. The van der Waals surface area contributed by atoms with Crippen LogP contribution in [0.4, 0.5) is 14.5 Å². The smallest absolute Gasteiger partial charge is 0.307 e. The Morgan fingerprint density at radius 2 is 1.54 bits per heavy atom. The molecule has 0 aromatic heterocycles. The fourth-order valence-electron chi connectivity index (χ4n) is 4.82. The van der Waals surface area contributed by atoms with E-state index in [-0.39, 0.29) is 41.3 Å². The lowest BCUT2D eigenvalue weighted by Gasteiger charge is -2.35. The topological polar surface area (TPSA) is 95.0 Å². The summed E-state index contributed by atoms with van der Waals surface area (Å²) in [5.41, 5.74) is 1.12. The molecule has 0 radical (unpaired) electrons. The summed E-state index contributed by atoms with van der Waals surface area (Å²) in [6.45, 7) is 0.997. The molecule has 5 rings (SSSR count). The molecule has 0 amide bonds. The number of ketones is 1. The molecule has 0 atom stereocenters. The fraction of sp³-hybridized carbons (Fsp3) is 0.172. The van der Waals surface area contributed by atoms with Gasteiger partial charge >= 0.3 is 5.97 Å². The summed E-state index contributed by atoms with van der Waals surface area (Å²) >= 11 is 0. The van der Waals surface area contributed by atoms with Gasteiger partial charge in [0.1, 0.15) is 11.6 Å². The van der Waals surface area contributed by atoms with E-state index in [0.717, 1.165) is 0 Å². The minimum Gasteiger partial charge on any atom is -0.481 e. The number of anilines is 1. The minimum absolute atomic E-state index is 0.00826. The summed E-state index contributed by atoms with van der Waals surface area (Å²) in [7, 11) is -3.86. The molecule has 1 aliphatic heterocycles. The molecule has 1 N–H and O–H groups in total. The second-order valence-electron chi connectivity index (χ2n) is 9.28. The van der Waals surface area contributed by atoms with E-state index in [9.17, 15) is 31.9 Å². The number of fused-ring (bicyclic) bond motifs is 1. The van der Waals surface area contributed by atoms with E-state index < -0.39 is 27.6 Å². The van der Waals surface area contributed by atoms with E-state index in [4.69, 9.17) is 0 Å². The van der Waals surface area contributed by atoms with Gasteiger partial charge in [0.05, 0.1) is 17.0 Å². The molecule has 7 nitrogen and oxygen atoms in total. The first-order valence-electron chi connectivity index (χ1n) is 12.2. The molecule has 0 saturated carbocycles. The SMILES string of the molecule is O=C(O)Cc1cc(C(=O)c2ccc(S(=O)(=O)N3CCN(c4ccccc4F)CC3)cc2)c2cc(F)ccc2c1. The van der Waals surface area contributed by atoms with Gasteiger partial charge in [-0.2, -0.15) is 4.31 Å². The Morgan fingerprint density at radius 1 is 0.846 bits per heavy atom. The van der Waals surface area contributed by atoms with Gasteiger partial charge in [-0.25, -0.2) is 17.2 Å². The van der Waals surface area contributed by atoms with Gasteiger partial charge in [0.2, 0.25) is 10.0 Å². The van der Waals surface area contributed by atoms with Crippen molar-refractivity contribution in [2.24, 2.45) is 0 Å². The summed E-state index contributed by atoms with van der Waals surface area (Å²) in [6.07, 6.45) is -0.311. The van der Waals surface area contributed by atoms with Crippen molar-refractivity contribution in [3.05, 3.63) is 107 Å². The van der Waals surface area contributed by atoms with Crippen molar-refractivity contribution in [1.29, 1.82) is 0 Å². The Hall–Kier alpha value is -4.15. The standard InChI is InChI=1S/C29H24F2N2O5S/c30-22-8-5-21-15-19(17-28(34)35)16-25(24(21)18-22)29(36)20-6-9-23(10-7-20)39(37,38)33-13-11-32(12-14-33)27-4-2-1-3-26(27)31/h1-10,15-16,18H,11-14,17H2,(H,34,35). The first-order valence-corrected chi connectivity index (χ1v) is 13.7. The van der Waals surface area contributed by atoms with E-state index in [2.05, 4.69) is 0 Å². The molecule has 4 aromatic carbocycles. The lowest BCUT2D eigenvalue weighted by molar-refractivity contribution is -0.136. The average molecular weight is 551 g/mol. The first kappa shape index (κ1) is 26.5. The van der Waals surface area contributed by atoms with Gasteiger partial charge in [0.25, 0.3) is 0 Å². The monoisotopic (exact) mass is 550 g/mol. The Morgan fingerprint density at radius 3 is 2.21 bits per heavy atom. The number of carbonyl (C=O) groups excluding carboxylic acids is 1. The zero-order valence-corrected chi connectivity index (χ0v) is 21.5. The van der Waals surface area contributed by atoms with E-state index in [1.54, 1.807) is 29.2 Å². The summed E-state index contributed by atoms with van der Waals surface area (Å²) in [5, 5.41) is 10.1. The number of benzene rings is 4. The van der Waals surface area contributed by atoms with E-state index >= 15 is 0 Å². The predicted octanol–water partition coefficient (Wildman–Crippen LogP) is 4.49. The van der Waals surface area contributed by atoms with E-state index in [0.29, 0.717) is 35.1 Å². The number of hydrogen-bond acceptors (Lipinski definition) is 5. The third kappa shape index (κ3) is 5.39. The van der Waals surface area contributed by atoms with Crippen LogP contribution in [0.3, 0.4) is 0 Å². The molecule has 0 bridgehead atoms. The van der Waals surface area contributed by atoms with E-state index in [1.165, 1.54) is 58.9 Å². The number of nitrogens with zero attached hydrogens (tertiary/aromatic N) is 2. The van der Waals surface area contributed by atoms with Gasteiger partial charge in [-0.15, -0.1) is 0 Å². The number of aliphatic carboxylic acids is 1. The van der Waals surface area contributed by atoms with Gasteiger partial charge in [0.15, 0.2) is 5.78 Å². The predicted molar refractivity (Wildman–Crippen MR) is 142 cm³/mol. The zero-order chi connectivity index (χ0) is 27.7. The number of carboxylic acids is 1. The van der Waals surface area contributed by atoms with Crippen LogP contribution >= 0.6 is 0 Å². The van der Waals surface area contributed by atoms with Crippen molar-refractivity contribution in [3.8, 4) is 0 Å². The Balaban J connectivity index is 1.38. The molecule has 0 spiro atoms. The number of halogens is 2. The number of piperazine rings is 1. The van der Waals surface area contributed by atoms with Crippen molar-refractivity contribution in [2.45, 2.75) is 11.3 Å². The van der Waals surface area contributed by atoms with Crippen LogP contribution in [0.15, 0.2) is 83.8 Å². The third-order valence-electron chi connectivity index (χ3n) is 6.76.